The Morgan fingerprint density at radius 2 is 1.68 bits per heavy atom. The number of piperidine rings is 1. The van der Waals surface area contributed by atoms with Gasteiger partial charge >= 0.3 is 0 Å². The van der Waals surface area contributed by atoms with E-state index in [1.165, 1.54) is 28.6 Å². The highest BCUT2D eigenvalue weighted by atomic mass is 32.2. The van der Waals surface area contributed by atoms with E-state index in [1.54, 1.807) is 24.3 Å². The van der Waals surface area contributed by atoms with E-state index in [2.05, 4.69) is 17.6 Å². The van der Waals surface area contributed by atoms with Gasteiger partial charge in [-0.25, -0.2) is 8.42 Å². The summed E-state index contributed by atoms with van der Waals surface area (Å²) < 4.78 is 27.2. The summed E-state index contributed by atoms with van der Waals surface area (Å²) in [6.07, 6.45) is 2.55. The molecule has 1 saturated heterocycles. The third-order valence-electron chi connectivity index (χ3n) is 5.42. The van der Waals surface area contributed by atoms with Gasteiger partial charge in [-0.05, 0) is 67.6 Å². The second-order valence-electron chi connectivity index (χ2n) is 7.90. The van der Waals surface area contributed by atoms with Crippen molar-refractivity contribution >= 4 is 27.5 Å². The molecule has 1 heterocycles. The average molecular weight is 444 g/mol. The first-order chi connectivity index (χ1) is 14.8. The fourth-order valence-electron chi connectivity index (χ4n) is 3.43. The van der Waals surface area contributed by atoms with Gasteiger partial charge in [0.05, 0.1) is 4.90 Å². The largest absolute Gasteiger partial charge is 0.352 e. The van der Waals surface area contributed by atoms with Crippen LogP contribution in [0.25, 0.3) is 0 Å². The molecule has 0 spiro atoms. The number of rotatable bonds is 7. The fraction of sp³-hybridized carbons (Fsp3) is 0.391. The predicted octanol–water partition coefficient (Wildman–Crippen LogP) is 3.50. The molecule has 8 heteroatoms. The van der Waals surface area contributed by atoms with E-state index in [0.717, 1.165) is 19.3 Å². The monoisotopic (exact) mass is 443 g/mol. The standard InChI is InChI=1S/C23H29N3O4S/c1-3-13-24-22(27)19-5-4-6-20(16-19)25-23(28)18-7-9-21(10-8-18)31(29,30)26-14-11-17(2)12-15-26/h4-10,16-17H,3,11-15H2,1-2H3,(H,24,27)(H,25,28). The summed E-state index contributed by atoms with van der Waals surface area (Å²) in [4.78, 5) is 24.9. The summed E-state index contributed by atoms with van der Waals surface area (Å²) in [7, 11) is -3.55. The smallest absolute Gasteiger partial charge is 0.255 e. The first-order valence-corrected chi connectivity index (χ1v) is 12.0. The molecular formula is C23H29N3O4S. The zero-order chi connectivity index (χ0) is 22.4. The maximum atomic E-state index is 12.8. The number of nitrogens with zero attached hydrogens (tertiary/aromatic N) is 1. The Hall–Kier alpha value is -2.71. The quantitative estimate of drug-likeness (QED) is 0.685. The molecule has 1 aliphatic rings. The van der Waals surface area contributed by atoms with Crippen molar-refractivity contribution in [3.8, 4) is 0 Å². The second-order valence-corrected chi connectivity index (χ2v) is 9.84. The van der Waals surface area contributed by atoms with Crippen LogP contribution in [-0.4, -0.2) is 44.2 Å². The highest BCUT2D eigenvalue weighted by Crippen LogP contribution is 2.24. The lowest BCUT2D eigenvalue weighted by molar-refractivity contribution is 0.0952. The number of anilines is 1. The lowest BCUT2D eigenvalue weighted by Crippen LogP contribution is -2.37. The van der Waals surface area contributed by atoms with Crippen LogP contribution in [0, 0.1) is 5.92 Å². The highest BCUT2D eigenvalue weighted by Gasteiger charge is 2.28. The van der Waals surface area contributed by atoms with Crippen molar-refractivity contribution < 1.29 is 18.0 Å². The molecule has 0 radical (unpaired) electrons. The molecule has 0 atom stereocenters. The molecule has 7 nitrogen and oxygen atoms in total. The fourth-order valence-corrected chi connectivity index (χ4v) is 4.90. The van der Waals surface area contributed by atoms with Gasteiger partial charge in [0, 0.05) is 36.4 Å². The summed E-state index contributed by atoms with van der Waals surface area (Å²) in [5, 5.41) is 5.56. The Labute approximate surface area is 183 Å². The first-order valence-electron chi connectivity index (χ1n) is 10.6. The maximum absolute atomic E-state index is 12.8. The van der Waals surface area contributed by atoms with Crippen LogP contribution >= 0.6 is 0 Å². The van der Waals surface area contributed by atoms with Crippen LogP contribution in [0.2, 0.25) is 0 Å². The molecule has 0 bridgehead atoms. The number of amides is 2. The van der Waals surface area contributed by atoms with Gasteiger partial charge in [0.1, 0.15) is 0 Å². The molecule has 3 rings (SSSR count). The van der Waals surface area contributed by atoms with Crippen molar-refractivity contribution in [2.24, 2.45) is 5.92 Å². The SMILES string of the molecule is CCCNC(=O)c1cccc(NC(=O)c2ccc(S(=O)(=O)N3CCC(C)CC3)cc2)c1. The normalized spacial score (nSPS) is 15.4. The van der Waals surface area contributed by atoms with Gasteiger partial charge in [0.15, 0.2) is 0 Å². The number of carbonyl (C=O) groups excluding carboxylic acids is 2. The zero-order valence-corrected chi connectivity index (χ0v) is 18.7. The van der Waals surface area contributed by atoms with Crippen molar-refractivity contribution in [3.63, 3.8) is 0 Å². The number of nitrogens with one attached hydrogen (secondary N) is 2. The molecule has 0 saturated carbocycles. The van der Waals surface area contributed by atoms with Crippen molar-refractivity contribution in [2.45, 2.75) is 38.0 Å². The van der Waals surface area contributed by atoms with E-state index in [4.69, 9.17) is 0 Å². The molecule has 2 aromatic carbocycles. The third kappa shape index (κ3) is 5.71. The molecule has 2 aromatic rings. The van der Waals surface area contributed by atoms with Crippen molar-refractivity contribution in [3.05, 3.63) is 59.7 Å². The molecule has 0 aliphatic carbocycles. The molecule has 1 aliphatic heterocycles. The van der Waals surface area contributed by atoms with Gasteiger partial charge in [-0.1, -0.05) is 19.9 Å². The minimum atomic E-state index is -3.55. The lowest BCUT2D eigenvalue weighted by atomic mass is 10.0. The van der Waals surface area contributed by atoms with Crippen LogP contribution in [-0.2, 0) is 10.0 Å². The zero-order valence-electron chi connectivity index (χ0n) is 17.9. The minimum absolute atomic E-state index is 0.188. The predicted molar refractivity (Wildman–Crippen MR) is 121 cm³/mol. The Kier molecular flexibility index (Phi) is 7.46. The van der Waals surface area contributed by atoms with Crippen LogP contribution in [0.4, 0.5) is 5.69 Å². The lowest BCUT2D eigenvalue weighted by Gasteiger charge is -2.29. The van der Waals surface area contributed by atoms with E-state index in [1.807, 2.05) is 6.92 Å². The number of hydrogen-bond acceptors (Lipinski definition) is 4. The van der Waals surface area contributed by atoms with Crippen molar-refractivity contribution in [1.82, 2.24) is 9.62 Å². The van der Waals surface area contributed by atoms with Gasteiger partial charge in [-0.3, -0.25) is 9.59 Å². The van der Waals surface area contributed by atoms with Crippen LogP contribution < -0.4 is 10.6 Å². The topological polar surface area (TPSA) is 95.6 Å². The van der Waals surface area contributed by atoms with E-state index < -0.39 is 10.0 Å². The molecule has 0 aromatic heterocycles. The van der Waals surface area contributed by atoms with E-state index in [0.29, 0.717) is 42.4 Å². The number of carbonyl (C=O) groups is 2. The number of benzene rings is 2. The summed E-state index contributed by atoms with van der Waals surface area (Å²) in [5.41, 5.74) is 1.30. The van der Waals surface area contributed by atoms with Gasteiger partial charge in [-0.2, -0.15) is 4.31 Å². The van der Waals surface area contributed by atoms with Crippen molar-refractivity contribution in [2.75, 3.05) is 25.0 Å². The minimum Gasteiger partial charge on any atom is -0.352 e. The first kappa shape index (κ1) is 23.0. The summed E-state index contributed by atoms with van der Waals surface area (Å²) in [6, 6.07) is 12.6. The molecule has 2 N–H and O–H groups in total. The van der Waals surface area contributed by atoms with Crippen LogP contribution in [0.3, 0.4) is 0 Å². The Morgan fingerprint density at radius 1 is 1.00 bits per heavy atom. The molecule has 2 amide bonds. The third-order valence-corrected chi connectivity index (χ3v) is 7.33. The average Bonchev–Trinajstić information content (AvgIpc) is 2.78. The van der Waals surface area contributed by atoms with Crippen LogP contribution in [0.15, 0.2) is 53.4 Å². The Balaban J connectivity index is 1.68. The summed E-state index contributed by atoms with van der Waals surface area (Å²) in [6.45, 7) is 5.73. The second kappa shape index (κ2) is 10.1. The highest BCUT2D eigenvalue weighted by molar-refractivity contribution is 7.89. The van der Waals surface area contributed by atoms with E-state index >= 15 is 0 Å². The molecule has 166 valence electrons. The maximum Gasteiger partial charge on any atom is 0.255 e. The van der Waals surface area contributed by atoms with E-state index in [-0.39, 0.29) is 16.7 Å². The van der Waals surface area contributed by atoms with Gasteiger partial charge in [0.25, 0.3) is 11.8 Å². The molecular weight excluding hydrogens is 414 g/mol. The molecule has 31 heavy (non-hydrogen) atoms. The summed E-state index contributed by atoms with van der Waals surface area (Å²) in [5.74, 6) is -0.0322. The number of hydrogen-bond donors (Lipinski definition) is 2. The van der Waals surface area contributed by atoms with Crippen molar-refractivity contribution in [1.29, 1.82) is 0 Å². The number of sulfonamides is 1. The summed E-state index contributed by atoms with van der Waals surface area (Å²) >= 11 is 0. The van der Waals surface area contributed by atoms with Crippen LogP contribution in [0.1, 0.15) is 53.8 Å². The Bertz CT molecular complexity index is 1030. The molecule has 1 fully saturated rings. The van der Waals surface area contributed by atoms with Crippen LogP contribution in [0.5, 0.6) is 0 Å². The van der Waals surface area contributed by atoms with Gasteiger partial charge < -0.3 is 10.6 Å². The van der Waals surface area contributed by atoms with Gasteiger partial charge in [-0.15, -0.1) is 0 Å². The van der Waals surface area contributed by atoms with Gasteiger partial charge in [0.2, 0.25) is 10.0 Å². The molecule has 0 unspecified atom stereocenters. The van der Waals surface area contributed by atoms with E-state index in [9.17, 15) is 18.0 Å². The Morgan fingerprint density at radius 3 is 2.32 bits per heavy atom.